The molecule has 0 aliphatic rings. The number of nitrogens with two attached hydrogens (primary N) is 1. The normalized spacial score (nSPS) is 13.2. The lowest BCUT2D eigenvalue weighted by Gasteiger charge is -2.19. The Kier molecular flexibility index (Phi) is 4.24. The quantitative estimate of drug-likeness (QED) is 0.916. The van der Waals surface area contributed by atoms with Crippen LogP contribution in [0.4, 0.5) is 0 Å². The lowest BCUT2D eigenvalue weighted by atomic mass is 9.86. The molecule has 1 unspecified atom stereocenters. The highest BCUT2D eigenvalue weighted by atomic mass is 14.7. The molecule has 0 aliphatic heterocycles. The molecule has 1 aromatic heterocycles. The first-order valence-electron chi connectivity index (χ1n) is 7.13. The molecule has 0 spiro atoms. The summed E-state index contributed by atoms with van der Waals surface area (Å²) in [5.74, 6) is 0. The zero-order chi connectivity index (χ0) is 14.8. The summed E-state index contributed by atoms with van der Waals surface area (Å²) in [5.41, 5.74) is 11.4. The lowest BCUT2D eigenvalue weighted by molar-refractivity contribution is 0.589. The third-order valence-corrected chi connectivity index (χ3v) is 3.60. The van der Waals surface area contributed by atoms with E-state index in [1.807, 2.05) is 19.3 Å². The van der Waals surface area contributed by atoms with E-state index in [4.69, 9.17) is 5.73 Å². The molecule has 1 atom stereocenters. The second-order valence-corrected chi connectivity index (χ2v) is 6.55. The maximum atomic E-state index is 6.28. The fourth-order valence-electron chi connectivity index (χ4n) is 2.29. The molecule has 0 bridgehead atoms. The van der Waals surface area contributed by atoms with E-state index in [0.717, 1.165) is 17.5 Å². The van der Waals surface area contributed by atoms with Crippen molar-refractivity contribution in [2.45, 2.75) is 45.6 Å². The molecule has 2 aromatic rings. The van der Waals surface area contributed by atoms with Crippen LogP contribution in [0.15, 0.2) is 42.7 Å². The standard InChI is InChI=1S/C18H24N2/c1-13-9-15(12-20-11-13)17(19)10-14-5-7-16(8-6-14)18(2,3)4/h5-9,11-12,17H,10,19H2,1-4H3. The summed E-state index contributed by atoms with van der Waals surface area (Å²) in [5, 5.41) is 0. The maximum absolute atomic E-state index is 6.28. The summed E-state index contributed by atoms with van der Waals surface area (Å²) in [6, 6.07) is 10.9. The minimum Gasteiger partial charge on any atom is -0.324 e. The Labute approximate surface area is 122 Å². The molecule has 0 saturated carbocycles. The van der Waals surface area contributed by atoms with Crippen molar-refractivity contribution in [3.63, 3.8) is 0 Å². The Bertz CT molecular complexity index is 565. The molecule has 20 heavy (non-hydrogen) atoms. The van der Waals surface area contributed by atoms with E-state index < -0.39 is 0 Å². The van der Waals surface area contributed by atoms with Crippen LogP contribution in [0.25, 0.3) is 0 Å². The Morgan fingerprint density at radius 3 is 2.30 bits per heavy atom. The summed E-state index contributed by atoms with van der Waals surface area (Å²) in [4.78, 5) is 4.21. The summed E-state index contributed by atoms with van der Waals surface area (Å²) < 4.78 is 0. The summed E-state index contributed by atoms with van der Waals surface area (Å²) in [7, 11) is 0. The predicted octanol–water partition coefficient (Wildman–Crippen LogP) is 3.93. The zero-order valence-electron chi connectivity index (χ0n) is 12.9. The van der Waals surface area contributed by atoms with Crippen LogP contribution in [0.2, 0.25) is 0 Å². The van der Waals surface area contributed by atoms with E-state index >= 15 is 0 Å². The van der Waals surface area contributed by atoms with E-state index in [0.29, 0.717) is 0 Å². The number of benzene rings is 1. The van der Waals surface area contributed by atoms with Gasteiger partial charge in [0.25, 0.3) is 0 Å². The van der Waals surface area contributed by atoms with Gasteiger partial charge < -0.3 is 5.73 Å². The van der Waals surface area contributed by atoms with Gasteiger partial charge in [-0.15, -0.1) is 0 Å². The van der Waals surface area contributed by atoms with E-state index in [2.05, 4.69) is 56.1 Å². The van der Waals surface area contributed by atoms with Gasteiger partial charge in [-0.2, -0.15) is 0 Å². The molecule has 0 saturated heterocycles. The first kappa shape index (κ1) is 14.7. The topological polar surface area (TPSA) is 38.9 Å². The molecular formula is C18H24N2. The highest BCUT2D eigenvalue weighted by Crippen LogP contribution is 2.23. The fraction of sp³-hybridized carbons (Fsp3) is 0.389. The average molecular weight is 268 g/mol. The number of rotatable bonds is 3. The van der Waals surface area contributed by atoms with Crippen molar-refractivity contribution in [1.82, 2.24) is 4.98 Å². The number of hydrogen-bond donors (Lipinski definition) is 1. The number of aryl methyl sites for hydroxylation is 1. The summed E-state index contributed by atoms with van der Waals surface area (Å²) in [6.45, 7) is 8.73. The van der Waals surface area contributed by atoms with E-state index in [-0.39, 0.29) is 11.5 Å². The summed E-state index contributed by atoms with van der Waals surface area (Å²) in [6.07, 6.45) is 4.56. The monoisotopic (exact) mass is 268 g/mol. The Balaban J connectivity index is 2.10. The third kappa shape index (κ3) is 3.67. The molecule has 0 amide bonds. The second kappa shape index (κ2) is 5.76. The van der Waals surface area contributed by atoms with Crippen molar-refractivity contribution in [2.24, 2.45) is 5.73 Å². The summed E-state index contributed by atoms with van der Waals surface area (Å²) >= 11 is 0. The lowest BCUT2D eigenvalue weighted by Crippen LogP contribution is -2.14. The van der Waals surface area contributed by atoms with Crippen molar-refractivity contribution in [2.75, 3.05) is 0 Å². The number of aromatic nitrogens is 1. The predicted molar refractivity (Wildman–Crippen MR) is 84.7 cm³/mol. The first-order chi connectivity index (χ1) is 9.36. The van der Waals surface area contributed by atoms with Gasteiger partial charge in [0, 0.05) is 18.4 Å². The fourth-order valence-corrected chi connectivity index (χ4v) is 2.29. The van der Waals surface area contributed by atoms with Gasteiger partial charge in [-0.05, 0) is 41.0 Å². The molecule has 2 N–H and O–H groups in total. The molecule has 0 aliphatic carbocycles. The smallest absolute Gasteiger partial charge is 0.0351 e. The third-order valence-electron chi connectivity index (χ3n) is 3.60. The average Bonchev–Trinajstić information content (AvgIpc) is 2.38. The maximum Gasteiger partial charge on any atom is 0.0351 e. The Morgan fingerprint density at radius 2 is 1.75 bits per heavy atom. The van der Waals surface area contributed by atoms with Crippen molar-refractivity contribution in [3.05, 3.63) is 65.0 Å². The van der Waals surface area contributed by atoms with Gasteiger partial charge in [-0.3, -0.25) is 4.98 Å². The molecule has 0 fully saturated rings. The minimum absolute atomic E-state index is 0.00267. The zero-order valence-corrected chi connectivity index (χ0v) is 12.9. The largest absolute Gasteiger partial charge is 0.324 e. The number of pyridine rings is 1. The first-order valence-corrected chi connectivity index (χ1v) is 7.13. The minimum atomic E-state index is 0.00267. The van der Waals surface area contributed by atoms with Crippen molar-refractivity contribution in [1.29, 1.82) is 0 Å². The molecule has 106 valence electrons. The highest BCUT2D eigenvalue weighted by Gasteiger charge is 2.13. The van der Waals surface area contributed by atoms with Gasteiger partial charge in [-0.25, -0.2) is 0 Å². The Morgan fingerprint density at radius 1 is 1.10 bits per heavy atom. The van der Waals surface area contributed by atoms with Gasteiger partial charge in [0.2, 0.25) is 0 Å². The second-order valence-electron chi connectivity index (χ2n) is 6.55. The SMILES string of the molecule is Cc1cncc(C(N)Cc2ccc(C(C)(C)C)cc2)c1. The molecule has 1 aromatic carbocycles. The van der Waals surface area contributed by atoms with E-state index in [1.165, 1.54) is 11.1 Å². The molecule has 2 nitrogen and oxygen atoms in total. The number of hydrogen-bond acceptors (Lipinski definition) is 2. The van der Waals surface area contributed by atoms with Crippen LogP contribution in [0.5, 0.6) is 0 Å². The molecule has 2 heteroatoms. The molecule has 2 rings (SSSR count). The molecule has 1 heterocycles. The van der Waals surface area contributed by atoms with Gasteiger partial charge in [0.1, 0.15) is 0 Å². The van der Waals surface area contributed by atoms with Crippen LogP contribution in [-0.2, 0) is 11.8 Å². The molecular weight excluding hydrogens is 244 g/mol. The molecule has 0 radical (unpaired) electrons. The van der Waals surface area contributed by atoms with E-state index in [9.17, 15) is 0 Å². The van der Waals surface area contributed by atoms with Gasteiger partial charge in [-0.1, -0.05) is 51.1 Å². The van der Waals surface area contributed by atoms with Gasteiger partial charge >= 0.3 is 0 Å². The van der Waals surface area contributed by atoms with Crippen LogP contribution in [0, 0.1) is 6.92 Å². The number of nitrogens with zero attached hydrogens (tertiary/aromatic N) is 1. The van der Waals surface area contributed by atoms with Crippen LogP contribution in [-0.4, -0.2) is 4.98 Å². The van der Waals surface area contributed by atoms with Crippen molar-refractivity contribution in [3.8, 4) is 0 Å². The Hall–Kier alpha value is -1.67. The van der Waals surface area contributed by atoms with E-state index in [1.54, 1.807) is 0 Å². The van der Waals surface area contributed by atoms with Crippen LogP contribution >= 0.6 is 0 Å². The van der Waals surface area contributed by atoms with Gasteiger partial charge in [0.05, 0.1) is 0 Å². The van der Waals surface area contributed by atoms with Gasteiger partial charge in [0.15, 0.2) is 0 Å². The highest BCUT2D eigenvalue weighted by molar-refractivity contribution is 5.29. The van der Waals surface area contributed by atoms with Crippen LogP contribution < -0.4 is 5.73 Å². The van der Waals surface area contributed by atoms with Crippen LogP contribution in [0.3, 0.4) is 0 Å². The van der Waals surface area contributed by atoms with Crippen molar-refractivity contribution < 1.29 is 0 Å². The van der Waals surface area contributed by atoms with Crippen molar-refractivity contribution >= 4 is 0 Å². The van der Waals surface area contributed by atoms with Crippen LogP contribution in [0.1, 0.15) is 49.1 Å².